The van der Waals surface area contributed by atoms with Crippen molar-refractivity contribution in [1.82, 2.24) is 24.5 Å². The average molecular weight is 468 g/mol. The number of hydrogen-bond acceptors (Lipinski definition) is 5. The van der Waals surface area contributed by atoms with Gasteiger partial charge in [-0.25, -0.2) is 4.39 Å². The van der Waals surface area contributed by atoms with Crippen LogP contribution in [0.3, 0.4) is 0 Å². The Labute approximate surface area is 195 Å². The summed E-state index contributed by atoms with van der Waals surface area (Å²) in [5, 5.41) is 20.9. The number of benzene rings is 1. The van der Waals surface area contributed by atoms with Gasteiger partial charge >= 0.3 is 0 Å². The van der Waals surface area contributed by atoms with Gasteiger partial charge in [0.25, 0.3) is 0 Å². The van der Waals surface area contributed by atoms with Crippen molar-refractivity contribution in [3.8, 4) is 28.3 Å². The highest BCUT2D eigenvalue weighted by molar-refractivity contribution is 6.30. The standard InChI is InChI=1S/C24H23ClFN5O2/c1-5-31-22-14-8-19(12(2)27-10-14)33-13(3)17-9-15(26)6-7-16(17)21-18(11-30(4)28-21)23(32)20(22)24(25)29-31/h6-11,13,23,32H,5H2,1-4H3/t13-,23?/m1/s1. The molecule has 5 rings (SSSR count). The zero-order chi connectivity index (χ0) is 23.4. The van der Waals surface area contributed by atoms with Gasteiger partial charge in [0, 0.05) is 48.2 Å². The average Bonchev–Trinajstić information content (AvgIpc) is 3.33. The first-order valence-corrected chi connectivity index (χ1v) is 11.1. The van der Waals surface area contributed by atoms with Gasteiger partial charge in [0.15, 0.2) is 5.15 Å². The Hall–Kier alpha value is -3.23. The summed E-state index contributed by atoms with van der Waals surface area (Å²) >= 11 is 6.57. The van der Waals surface area contributed by atoms with Crippen molar-refractivity contribution in [2.75, 3.05) is 0 Å². The molecule has 9 heteroatoms. The van der Waals surface area contributed by atoms with Crippen LogP contribution in [0.25, 0.3) is 22.5 Å². The maximum atomic E-state index is 14.3. The third-order valence-electron chi connectivity index (χ3n) is 5.99. The molecule has 0 saturated carbocycles. The number of ether oxygens (including phenoxy) is 1. The molecule has 1 aromatic carbocycles. The van der Waals surface area contributed by atoms with E-state index in [1.54, 1.807) is 34.9 Å². The van der Waals surface area contributed by atoms with E-state index in [4.69, 9.17) is 16.3 Å². The highest BCUT2D eigenvalue weighted by Crippen LogP contribution is 2.43. The highest BCUT2D eigenvalue weighted by atomic mass is 35.5. The smallest absolute Gasteiger partial charge is 0.157 e. The number of pyridine rings is 1. The topological polar surface area (TPSA) is 78.0 Å². The van der Waals surface area contributed by atoms with Gasteiger partial charge in [0.2, 0.25) is 0 Å². The van der Waals surface area contributed by atoms with Crippen LogP contribution in [-0.2, 0) is 13.6 Å². The lowest BCUT2D eigenvalue weighted by atomic mass is 9.93. The molecular weight excluding hydrogens is 445 g/mol. The lowest BCUT2D eigenvalue weighted by Crippen LogP contribution is -2.10. The maximum absolute atomic E-state index is 14.3. The van der Waals surface area contributed by atoms with Gasteiger partial charge in [-0.3, -0.25) is 14.3 Å². The van der Waals surface area contributed by atoms with Gasteiger partial charge in [0.05, 0.1) is 22.6 Å². The van der Waals surface area contributed by atoms with Crippen molar-refractivity contribution in [3.05, 3.63) is 70.0 Å². The molecule has 3 aromatic heterocycles. The van der Waals surface area contributed by atoms with Gasteiger partial charge in [-0.15, -0.1) is 0 Å². The van der Waals surface area contributed by atoms with E-state index in [9.17, 15) is 9.50 Å². The number of hydrogen-bond donors (Lipinski definition) is 1. The van der Waals surface area contributed by atoms with Crippen molar-refractivity contribution in [1.29, 1.82) is 0 Å². The molecule has 0 spiro atoms. The number of fused-ring (bicyclic) bond motifs is 7. The van der Waals surface area contributed by atoms with E-state index < -0.39 is 12.2 Å². The maximum Gasteiger partial charge on any atom is 0.157 e. The van der Waals surface area contributed by atoms with Crippen molar-refractivity contribution in [2.45, 2.75) is 39.5 Å². The fourth-order valence-electron chi connectivity index (χ4n) is 4.40. The van der Waals surface area contributed by atoms with Crippen LogP contribution in [0.4, 0.5) is 4.39 Å². The molecule has 1 aliphatic rings. The van der Waals surface area contributed by atoms with Crippen LogP contribution >= 0.6 is 11.6 Å². The first-order chi connectivity index (χ1) is 15.8. The van der Waals surface area contributed by atoms with E-state index >= 15 is 0 Å². The number of rotatable bonds is 1. The van der Waals surface area contributed by atoms with Crippen LogP contribution in [0.1, 0.15) is 48.4 Å². The molecule has 0 aliphatic carbocycles. The number of aliphatic hydroxyl groups is 1. The number of aliphatic hydroxyl groups excluding tert-OH is 1. The Morgan fingerprint density at radius 1 is 1.21 bits per heavy atom. The Morgan fingerprint density at radius 2 is 2.00 bits per heavy atom. The molecule has 1 unspecified atom stereocenters. The number of aromatic nitrogens is 5. The van der Waals surface area contributed by atoms with Crippen LogP contribution in [0.2, 0.25) is 5.15 Å². The summed E-state index contributed by atoms with van der Waals surface area (Å²) in [5.74, 6) is 0.171. The number of halogens is 2. The molecule has 1 aliphatic heterocycles. The Morgan fingerprint density at radius 3 is 2.76 bits per heavy atom. The third-order valence-corrected chi connectivity index (χ3v) is 6.27. The minimum Gasteiger partial charge on any atom is -0.484 e. The fourth-order valence-corrected chi connectivity index (χ4v) is 4.68. The molecule has 0 radical (unpaired) electrons. The molecule has 4 aromatic rings. The van der Waals surface area contributed by atoms with Crippen molar-refractivity contribution >= 4 is 11.6 Å². The third kappa shape index (κ3) is 3.50. The predicted molar refractivity (Wildman–Crippen MR) is 123 cm³/mol. The van der Waals surface area contributed by atoms with E-state index in [0.717, 1.165) is 0 Å². The summed E-state index contributed by atoms with van der Waals surface area (Å²) < 4.78 is 24.0. The summed E-state index contributed by atoms with van der Waals surface area (Å²) in [5.41, 5.74) is 4.87. The van der Waals surface area contributed by atoms with E-state index in [-0.39, 0.29) is 11.0 Å². The van der Waals surface area contributed by atoms with Crippen molar-refractivity contribution in [3.63, 3.8) is 0 Å². The van der Waals surface area contributed by atoms with Crippen molar-refractivity contribution < 1.29 is 14.2 Å². The van der Waals surface area contributed by atoms with Gasteiger partial charge in [-0.05, 0) is 45.0 Å². The molecule has 0 amide bonds. The molecule has 0 saturated heterocycles. The van der Waals surface area contributed by atoms with Crippen LogP contribution < -0.4 is 4.74 Å². The number of aryl methyl sites for hydroxylation is 3. The zero-order valence-corrected chi connectivity index (χ0v) is 19.4. The van der Waals surface area contributed by atoms with Gasteiger partial charge in [0.1, 0.15) is 23.8 Å². The minimum absolute atomic E-state index is 0.196. The molecule has 4 heterocycles. The van der Waals surface area contributed by atoms with E-state index in [0.29, 0.717) is 57.2 Å². The lowest BCUT2D eigenvalue weighted by Gasteiger charge is -2.22. The number of nitrogens with zero attached hydrogens (tertiary/aromatic N) is 5. The summed E-state index contributed by atoms with van der Waals surface area (Å²) in [6.07, 6.45) is 1.84. The lowest BCUT2D eigenvalue weighted by molar-refractivity contribution is 0.219. The molecule has 2 atom stereocenters. The second-order valence-electron chi connectivity index (χ2n) is 8.18. The van der Waals surface area contributed by atoms with E-state index in [1.165, 1.54) is 12.1 Å². The Bertz CT molecular complexity index is 1380. The minimum atomic E-state index is -1.12. The second-order valence-corrected chi connectivity index (χ2v) is 8.54. The van der Waals surface area contributed by atoms with Crippen LogP contribution in [-0.4, -0.2) is 29.7 Å². The first-order valence-electron chi connectivity index (χ1n) is 10.7. The zero-order valence-electron chi connectivity index (χ0n) is 18.7. The van der Waals surface area contributed by atoms with Crippen LogP contribution in [0.5, 0.6) is 5.75 Å². The second kappa shape index (κ2) is 7.97. The SMILES string of the molecule is CCn1nc(Cl)c2c1-c1cnc(C)c(c1)O[C@H](C)c1cc(F)ccc1-c1nn(C)cc1C2O. The van der Waals surface area contributed by atoms with Gasteiger partial charge in [-0.1, -0.05) is 11.6 Å². The summed E-state index contributed by atoms with van der Waals surface area (Å²) in [7, 11) is 1.77. The van der Waals surface area contributed by atoms with Gasteiger partial charge in [-0.2, -0.15) is 10.2 Å². The van der Waals surface area contributed by atoms with Crippen LogP contribution in [0.15, 0.2) is 36.7 Å². The molecule has 1 N–H and O–H groups in total. The molecule has 0 fully saturated rings. The molecular formula is C24H23ClFN5O2. The van der Waals surface area contributed by atoms with E-state index in [2.05, 4.69) is 15.2 Å². The Kier molecular flexibility index (Phi) is 5.22. The summed E-state index contributed by atoms with van der Waals surface area (Å²) in [4.78, 5) is 4.51. The fraction of sp³-hybridized carbons (Fsp3) is 0.292. The molecule has 170 valence electrons. The summed E-state index contributed by atoms with van der Waals surface area (Å²) in [6.45, 7) is 6.20. The van der Waals surface area contributed by atoms with E-state index in [1.807, 2.05) is 26.8 Å². The first kappa shape index (κ1) is 21.6. The highest BCUT2D eigenvalue weighted by Gasteiger charge is 2.31. The Balaban J connectivity index is 1.88. The van der Waals surface area contributed by atoms with Gasteiger partial charge < -0.3 is 9.84 Å². The summed E-state index contributed by atoms with van der Waals surface area (Å²) in [6, 6.07) is 6.34. The normalized spacial score (nSPS) is 17.3. The largest absolute Gasteiger partial charge is 0.484 e. The predicted octanol–water partition coefficient (Wildman–Crippen LogP) is 5.00. The molecule has 33 heavy (non-hydrogen) atoms. The molecule has 7 nitrogen and oxygen atoms in total. The monoisotopic (exact) mass is 467 g/mol. The van der Waals surface area contributed by atoms with Crippen LogP contribution in [0, 0.1) is 12.7 Å². The van der Waals surface area contributed by atoms with Crippen molar-refractivity contribution in [2.24, 2.45) is 7.05 Å². The molecule has 2 bridgehead atoms. The quantitative estimate of drug-likeness (QED) is 0.426.